The van der Waals surface area contributed by atoms with Crippen LogP contribution in [0.25, 0.3) is 10.8 Å². The Morgan fingerprint density at radius 2 is 1.57 bits per heavy atom. The molecule has 0 heterocycles. The van der Waals surface area contributed by atoms with Gasteiger partial charge < -0.3 is 14.2 Å². The van der Waals surface area contributed by atoms with Crippen LogP contribution in [-0.4, -0.2) is 19.2 Å². The molecule has 0 aliphatic rings. The smallest absolute Gasteiger partial charge is 0.311 e. The van der Waals surface area contributed by atoms with Crippen LogP contribution in [0.2, 0.25) is 0 Å². The second-order valence-corrected chi connectivity index (χ2v) is 4.44. The largest absolute Gasteiger partial charge is 0.493 e. The van der Waals surface area contributed by atoms with Gasteiger partial charge in [0, 0.05) is 23.3 Å². The van der Waals surface area contributed by atoms with Crippen LogP contribution < -0.4 is 14.2 Å². The van der Waals surface area contributed by atoms with Crippen LogP contribution in [0.4, 0.5) is 0 Å². The van der Waals surface area contributed by atoms with Crippen molar-refractivity contribution in [3.8, 4) is 17.2 Å². The molecule has 0 unspecified atom stereocenters. The van der Waals surface area contributed by atoms with Gasteiger partial charge in [-0.3, -0.25) is 4.79 Å². The molecule has 0 bridgehead atoms. The maximum atomic E-state index is 11.7. The maximum Gasteiger partial charge on any atom is 0.311 e. The first kappa shape index (κ1) is 15.2. The average molecular weight is 288 g/mol. The molecule has 0 saturated carbocycles. The summed E-state index contributed by atoms with van der Waals surface area (Å²) >= 11 is 0. The van der Waals surface area contributed by atoms with E-state index in [1.807, 2.05) is 38.1 Å². The minimum absolute atomic E-state index is 0.287. The van der Waals surface area contributed by atoms with E-state index in [0.717, 1.165) is 16.5 Å². The summed E-state index contributed by atoms with van der Waals surface area (Å²) in [5.41, 5.74) is 0. The molecule has 112 valence electrons. The Morgan fingerprint density at radius 3 is 2.19 bits per heavy atom. The number of rotatable bonds is 6. The normalized spacial score (nSPS) is 10.4. The van der Waals surface area contributed by atoms with Crippen molar-refractivity contribution in [2.45, 2.75) is 27.2 Å². The fraction of sp³-hybridized carbons (Fsp3) is 0.353. The van der Waals surface area contributed by atoms with Gasteiger partial charge in [0.2, 0.25) is 0 Å². The van der Waals surface area contributed by atoms with E-state index in [0.29, 0.717) is 31.1 Å². The van der Waals surface area contributed by atoms with E-state index in [1.165, 1.54) is 0 Å². The molecule has 2 aromatic carbocycles. The third-order valence-corrected chi connectivity index (χ3v) is 3.03. The van der Waals surface area contributed by atoms with Crippen LogP contribution >= 0.6 is 0 Å². The average Bonchev–Trinajstić information content (AvgIpc) is 2.51. The number of carbonyl (C=O) groups is 1. The van der Waals surface area contributed by atoms with E-state index in [1.54, 1.807) is 13.0 Å². The molecular formula is C17H20O4. The summed E-state index contributed by atoms with van der Waals surface area (Å²) in [7, 11) is 0. The van der Waals surface area contributed by atoms with Crippen LogP contribution in [0.5, 0.6) is 17.2 Å². The van der Waals surface area contributed by atoms with Gasteiger partial charge >= 0.3 is 5.97 Å². The molecular weight excluding hydrogens is 268 g/mol. The molecule has 0 atom stereocenters. The number of ether oxygens (including phenoxy) is 3. The molecule has 0 saturated heterocycles. The van der Waals surface area contributed by atoms with Gasteiger partial charge in [-0.25, -0.2) is 0 Å². The zero-order chi connectivity index (χ0) is 15.2. The lowest BCUT2D eigenvalue weighted by atomic mass is 10.1. The van der Waals surface area contributed by atoms with Crippen molar-refractivity contribution >= 4 is 16.7 Å². The molecule has 0 aliphatic carbocycles. The molecule has 21 heavy (non-hydrogen) atoms. The van der Waals surface area contributed by atoms with Crippen molar-refractivity contribution < 1.29 is 19.0 Å². The van der Waals surface area contributed by atoms with Crippen molar-refractivity contribution in [1.82, 2.24) is 0 Å². The van der Waals surface area contributed by atoms with Gasteiger partial charge in [-0.2, -0.15) is 0 Å². The Balaban J connectivity index is 2.64. The zero-order valence-electron chi connectivity index (χ0n) is 12.6. The number of fused-ring (bicyclic) bond motifs is 1. The Bertz CT molecular complexity index is 634. The number of carbonyl (C=O) groups excluding carboxylic acids is 1. The summed E-state index contributed by atoms with van der Waals surface area (Å²) in [6.45, 7) is 6.63. The van der Waals surface area contributed by atoms with Gasteiger partial charge in [0.25, 0.3) is 0 Å². The minimum Gasteiger partial charge on any atom is -0.493 e. The highest BCUT2D eigenvalue weighted by molar-refractivity contribution is 5.97. The van der Waals surface area contributed by atoms with Crippen LogP contribution in [0.1, 0.15) is 27.2 Å². The summed E-state index contributed by atoms with van der Waals surface area (Å²) in [5.74, 6) is 1.43. The van der Waals surface area contributed by atoms with E-state index in [2.05, 4.69) is 0 Å². The molecule has 0 aliphatic heterocycles. The lowest BCUT2D eigenvalue weighted by molar-refractivity contribution is -0.134. The molecule has 4 heteroatoms. The maximum absolute atomic E-state index is 11.7. The number of hydrogen-bond acceptors (Lipinski definition) is 4. The molecule has 0 spiro atoms. The first-order valence-electron chi connectivity index (χ1n) is 7.23. The highest BCUT2D eigenvalue weighted by Crippen LogP contribution is 2.41. The van der Waals surface area contributed by atoms with E-state index < -0.39 is 0 Å². The van der Waals surface area contributed by atoms with E-state index in [-0.39, 0.29) is 5.97 Å². The Labute approximate surface area is 124 Å². The Hall–Kier alpha value is -2.23. The molecule has 2 aromatic rings. The second kappa shape index (κ2) is 6.97. The lowest BCUT2D eigenvalue weighted by Crippen LogP contribution is -2.08. The van der Waals surface area contributed by atoms with E-state index >= 15 is 0 Å². The van der Waals surface area contributed by atoms with Gasteiger partial charge in [0.15, 0.2) is 11.5 Å². The Kier molecular flexibility index (Phi) is 5.04. The lowest BCUT2D eigenvalue weighted by Gasteiger charge is -2.16. The number of esters is 1. The SMILES string of the molecule is CCOc1cc(OCC)c2ccccc2c1OC(=O)CC. The predicted molar refractivity (Wildman–Crippen MR) is 82.2 cm³/mol. The highest BCUT2D eigenvalue weighted by Gasteiger charge is 2.17. The molecule has 0 aromatic heterocycles. The predicted octanol–water partition coefficient (Wildman–Crippen LogP) is 3.95. The van der Waals surface area contributed by atoms with Crippen molar-refractivity contribution in [2.75, 3.05) is 13.2 Å². The van der Waals surface area contributed by atoms with Crippen molar-refractivity contribution in [1.29, 1.82) is 0 Å². The molecule has 0 N–H and O–H groups in total. The number of benzene rings is 2. The number of hydrogen-bond donors (Lipinski definition) is 0. The van der Waals surface area contributed by atoms with Gasteiger partial charge in [-0.15, -0.1) is 0 Å². The fourth-order valence-electron chi connectivity index (χ4n) is 2.12. The zero-order valence-corrected chi connectivity index (χ0v) is 12.6. The van der Waals surface area contributed by atoms with Gasteiger partial charge in [0.05, 0.1) is 13.2 Å². The van der Waals surface area contributed by atoms with Gasteiger partial charge in [0.1, 0.15) is 5.75 Å². The third kappa shape index (κ3) is 3.27. The summed E-state index contributed by atoms with van der Waals surface area (Å²) in [6.07, 6.45) is 0.313. The first-order chi connectivity index (χ1) is 10.2. The minimum atomic E-state index is -0.287. The van der Waals surface area contributed by atoms with Crippen LogP contribution in [0.15, 0.2) is 30.3 Å². The van der Waals surface area contributed by atoms with Crippen molar-refractivity contribution in [3.05, 3.63) is 30.3 Å². The van der Waals surface area contributed by atoms with Crippen molar-refractivity contribution in [3.63, 3.8) is 0 Å². The molecule has 2 rings (SSSR count). The molecule has 0 radical (unpaired) electrons. The quantitative estimate of drug-likeness (QED) is 0.596. The molecule has 0 amide bonds. The summed E-state index contributed by atoms with van der Waals surface area (Å²) in [4.78, 5) is 11.7. The summed E-state index contributed by atoms with van der Waals surface area (Å²) < 4.78 is 16.8. The highest BCUT2D eigenvalue weighted by atomic mass is 16.6. The molecule has 0 fully saturated rings. The van der Waals surface area contributed by atoms with Gasteiger partial charge in [-0.1, -0.05) is 31.2 Å². The fourth-order valence-corrected chi connectivity index (χ4v) is 2.12. The molecule has 4 nitrogen and oxygen atoms in total. The summed E-state index contributed by atoms with van der Waals surface area (Å²) in [6, 6.07) is 9.46. The summed E-state index contributed by atoms with van der Waals surface area (Å²) in [5, 5.41) is 1.72. The van der Waals surface area contributed by atoms with E-state index in [9.17, 15) is 4.79 Å². The van der Waals surface area contributed by atoms with Crippen LogP contribution in [0.3, 0.4) is 0 Å². The van der Waals surface area contributed by atoms with E-state index in [4.69, 9.17) is 14.2 Å². The topological polar surface area (TPSA) is 44.8 Å². The third-order valence-electron chi connectivity index (χ3n) is 3.03. The monoisotopic (exact) mass is 288 g/mol. The standard InChI is InChI=1S/C17H20O4/c1-4-16(18)21-17-13-10-8-7-9-12(13)14(19-5-2)11-15(17)20-6-3/h7-11H,4-6H2,1-3H3. The van der Waals surface area contributed by atoms with Crippen LogP contribution in [-0.2, 0) is 4.79 Å². The first-order valence-corrected chi connectivity index (χ1v) is 7.23. The van der Waals surface area contributed by atoms with Crippen LogP contribution in [0, 0.1) is 0 Å². The van der Waals surface area contributed by atoms with Crippen molar-refractivity contribution in [2.24, 2.45) is 0 Å². The second-order valence-electron chi connectivity index (χ2n) is 4.44. The Morgan fingerprint density at radius 1 is 0.952 bits per heavy atom. The van der Waals surface area contributed by atoms with Gasteiger partial charge in [-0.05, 0) is 13.8 Å².